The van der Waals surface area contributed by atoms with Crippen LogP contribution in [0.5, 0.6) is 0 Å². The van der Waals surface area contributed by atoms with E-state index in [4.69, 9.17) is 0 Å². The molecule has 1 fully saturated rings. The third-order valence-corrected chi connectivity index (χ3v) is 6.38. The Labute approximate surface area is 165 Å². The van der Waals surface area contributed by atoms with Gasteiger partial charge in [0, 0.05) is 18.5 Å². The molecule has 2 aromatic heterocycles. The van der Waals surface area contributed by atoms with Crippen molar-refractivity contribution in [1.82, 2.24) is 34.4 Å². The average Bonchev–Trinajstić information content (AvgIpc) is 3.48. The minimum Gasteiger partial charge on any atom is -0.313 e. The second-order valence-electron chi connectivity index (χ2n) is 7.95. The van der Waals surface area contributed by atoms with E-state index in [0.717, 1.165) is 44.1 Å². The fraction of sp³-hybridized carbons (Fsp3) is 0.524. The number of rotatable bonds is 5. The van der Waals surface area contributed by atoms with Crippen LogP contribution in [-0.2, 0) is 25.9 Å². The minimum absolute atomic E-state index is 0.497. The van der Waals surface area contributed by atoms with E-state index in [0.29, 0.717) is 18.5 Å². The topological polar surface area (TPSA) is 64.7 Å². The van der Waals surface area contributed by atoms with Crippen molar-refractivity contribution in [3.05, 3.63) is 59.7 Å². The summed E-state index contributed by atoms with van der Waals surface area (Å²) in [5.74, 6) is 2.61. The van der Waals surface area contributed by atoms with Crippen LogP contribution in [0.15, 0.2) is 36.9 Å². The summed E-state index contributed by atoms with van der Waals surface area (Å²) in [5.41, 5.74) is 3.08. The van der Waals surface area contributed by atoms with Gasteiger partial charge in [0.2, 0.25) is 0 Å². The molecular formula is C21H27N7. The summed E-state index contributed by atoms with van der Waals surface area (Å²) < 4.78 is 4.08. The first kappa shape index (κ1) is 17.6. The lowest BCUT2D eigenvalue weighted by atomic mass is 9.94. The van der Waals surface area contributed by atoms with Gasteiger partial charge < -0.3 is 4.57 Å². The van der Waals surface area contributed by atoms with Gasteiger partial charge in [-0.1, -0.05) is 24.3 Å². The molecule has 0 bridgehead atoms. The molecule has 146 valence electrons. The Hall–Kier alpha value is -2.54. The highest BCUT2D eigenvalue weighted by Gasteiger charge is 2.32. The molecule has 1 aromatic carbocycles. The van der Waals surface area contributed by atoms with Gasteiger partial charge >= 0.3 is 0 Å². The molecule has 0 atom stereocenters. The standard InChI is InChI=1S/C21H27N7/c1-2-28-20(13-27-15-22-14-23-27)24-25-21(28)16-7-9-26(10-8-16)19-11-17-5-3-4-6-18(17)12-19/h3-6,14-16,19H,2,7-13H2,1H3. The third kappa shape index (κ3) is 3.24. The number of aromatic nitrogens is 6. The summed E-state index contributed by atoms with van der Waals surface area (Å²) in [7, 11) is 0. The molecule has 1 aliphatic heterocycles. The molecule has 3 heterocycles. The Morgan fingerprint density at radius 1 is 1.04 bits per heavy atom. The highest BCUT2D eigenvalue weighted by molar-refractivity contribution is 5.33. The van der Waals surface area contributed by atoms with Gasteiger partial charge in [0.25, 0.3) is 0 Å². The zero-order chi connectivity index (χ0) is 18.9. The van der Waals surface area contributed by atoms with Crippen LogP contribution in [0.4, 0.5) is 0 Å². The summed E-state index contributed by atoms with van der Waals surface area (Å²) in [4.78, 5) is 6.71. The van der Waals surface area contributed by atoms with Gasteiger partial charge in [-0.3, -0.25) is 4.90 Å². The fourth-order valence-corrected chi connectivity index (χ4v) is 4.89. The molecule has 7 nitrogen and oxygen atoms in total. The van der Waals surface area contributed by atoms with Gasteiger partial charge in [-0.15, -0.1) is 10.2 Å². The average molecular weight is 377 g/mol. The maximum Gasteiger partial charge on any atom is 0.154 e. The molecule has 0 amide bonds. The SMILES string of the molecule is CCn1c(Cn2cncn2)nnc1C1CCN(C2Cc3ccccc3C2)CC1. The van der Waals surface area contributed by atoms with Crippen molar-refractivity contribution >= 4 is 0 Å². The molecule has 0 unspecified atom stereocenters. The van der Waals surface area contributed by atoms with Gasteiger partial charge in [0.1, 0.15) is 25.0 Å². The Bertz CT molecular complexity index is 897. The summed E-state index contributed by atoms with van der Waals surface area (Å²) in [6, 6.07) is 9.60. The molecule has 0 spiro atoms. The lowest BCUT2D eigenvalue weighted by Crippen LogP contribution is -2.41. The second-order valence-corrected chi connectivity index (χ2v) is 7.95. The molecule has 28 heavy (non-hydrogen) atoms. The van der Waals surface area contributed by atoms with Crippen molar-refractivity contribution in [1.29, 1.82) is 0 Å². The normalized spacial score (nSPS) is 18.6. The van der Waals surface area contributed by atoms with E-state index in [-0.39, 0.29) is 0 Å². The van der Waals surface area contributed by atoms with Crippen LogP contribution < -0.4 is 0 Å². The Morgan fingerprint density at radius 3 is 2.43 bits per heavy atom. The summed E-state index contributed by atoms with van der Waals surface area (Å²) in [6.45, 7) is 5.99. The highest BCUT2D eigenvalue weighted by atomic mass is 15.4. The van der Waals surface area contributed by atoms with Crippen molar-refractivity contribution in [3.8, 4) is 0 Å². The lowest BCUT2D eigenvalue weighted by Gasteiger charge is -2.35. The number of hydrogen-bond acceptors (Lipinski definition) is 5. The molecule has 5 rings (SSSR count). The fourth-order valence-electron chi connectivity index (χ4n) is 4.89. The molecular weight excluding hydrogens is 350 g/mol. The minimum atomic E-state index is 0.497. The van der Waals surface area contributed by atoms with Crippen LogP contribution in [0, 0.1) is 0 Å². The maximum atomic E-state index is 4.58. The van der Waals surface area contributed by atoms with Crippen molar-refractivity contribution in [3.63, 3.8) is 0 Å². The number of fused-ring (bicyclic) bond motifs is 1. The van der Waals surface area contributed by atoms with E-state index in [9.17, 15) is 0 Å². The second kappa shape index (κ2) is 7.47. The van der Waals surface area contributed by atoms with E-state index in [2.05, 4.69) is 60.9 Å². The first-order valence-electron chi connectivity index (χ1n) is 10.4. The van der Waals surface area contributed by atoms with E-state index in [1.165, 1.54) is 24.0 Å². The number of likely N-dealkylation sites (tertiary alicyclic amines) is 1. The molecule has 1 aliphatic carbocycles. The lowest BCUT2D eigenvalue weighted by molar-refractivity contribution is 0.153. The van der Waals surface area contributed by atoms with E-state index in [1.807, 2.05) is 0 Å². The highest BCUT2D eigenvalue weighted by Crippen LogP contribution is 2.32. The van der Waals surface area contributed by atoms with Gasteiger partial charge in [-0.25, -0.2) is 9.67 Å². The van der Waals surface area contributed by atoms with Crippen LogP contribution in [0.1, 0.15) is 48.5 Å². The van der Waals surface area contributed by atoms with Crippen molar-refractivity contribution < 1.29 is 0 Å². The first-order valence-corrected chi connectivity index (χ1v) is 10.4. The number of piperidine rings is 1. The molecule has 0 saturated carbocycles. The Morgan fingerprint density at radius 2 is 1.79 bits per heavy atom. The van der Waals surface area contributed by atoms with Crippen molar-refractivity contribution in [2.24, 2.45) is 0 Å². The summed E-state index contributed by atoms with van der Waals surface area (Å²) in [5, 5.41) is 13.2. The van der Waals surface area contributed by atoms with Crippen LogP contribution in [-0.4, -0.2) is 53.6 Å². The quantitative estimate of drug-likeness (QED) is 0.683. The van der Waals surface area contributed by atoms with Crippen LogP contribution in [0.2, 0.25) is 0 Å². The Kier molecular flexibility index (Phi) is 4.68. The van der Waals surface area contributed by atoms with Crippen LogP contribution in [0.25, 0.3) is 0 Å². The summed E-state index contributed by atoms with van der Waals surface area (Å²) in [6.07, 6.45) is 8.02. The first-order chi connectivity index (χ1) is 13.8. The number of benzene rings is 1. The van der Waals surface area contributed by atoms with Crippen LogP contribution in [0.3, 0.4) is 0 Å². The van der Waals surface area contributed by atoms with Crippen molar-refractivity contribution in [2.45, 2.75) is 57.7 Å². The molecule has 7 heteroatoms. The summed E-state index contributed by atoms with van der Waals surface area (Å²) >= 11 is 0. The van der Waals surface area contributed by atoms with Crippen LogP contribution >= 0.6 is 0 Å². The molecule has 2 aliphatic rings. The van der Waals surface area contributed by atoms with E-state index < -0.39 is 0 Å². The monoisotopic (exact) mass is 377 g/mol. The zero-order valence-corrected chi connectivity index (χ0v) is 16.4. The molecule has 0 N–H and O–H groups in total. The molecule has 0 radical (unpaired) electrons. The third-order valence-electron chi connectivity index (χ3n) is 6.38. The number of hydrogen-bond donors (Lipinski definition) is 0. The van der Waals surface area contributed by atoms with E-state index in [1.54, 1.807) is 17.3 Å². The Balaban J connectivity index is 1.24. The van der Waals surface area contributed by atoms with Crippen molar-refractivity contribution in [2.75, 3.05) is 13.1 Å². The van der Waals surface area contributed by atoms with E-state index >= 15 is 0 Å². The molecule has 3 aromatic rings. The predicted octanol–water partition coefficient (Wildman–Crippen LogP) is 2.28. The molecule has 1 saturated heterocycles. The van der Waals surface area contributed by atoms with Gasteiger partial charge in [-0.2, -0.15) is 5.10 Å². The maximum absolute atomic E-state index is 4.58. The largest absolute Gasteiger partial charge is 0.313 e. The smallest absolute Gasteiger partial charge is 0.154 e. The van der Waals surface area contributed by atoms with Gasteiger partial charge in [0.05, 0.1) is 0 Å². The van der Waals surface area contributed by atoms with Gasteiger partial charge in [-0.05, 0) is 56.8 Å². The zero-order valence-electron chi connectivity index (χ0n) is 16.4. The predicted molar refractivity (Wildman–Crippen MR) is 106 cm³/mol. The number of nitrogens with zero attached hydrogens (tertiary/aromatic N) is 7. The van der Waals surface area contributed by atoms with Gasteiger partial charge in [0.15, 0.2) is 5.82 Å².